The van der Waals surface area contributed by atoms with Gasteiger partial charge in [-0.05, 0) is 24.3 Å². The average Bonchev–Trinajstić information content (AvgIpc) is 2.06. The third-order valence-corrected chi connectivity index (χ3v) is 2.46. The molecule has 14 heavy (non-hydrogen) atoms. The van der Waals surface area contributed by atoms with E-state index in [0.717, 1.165) is 0 Å². The van der Waals surface area contributed by atoms with Gasteiger partial charge in [0, 0.05) is 17.3 Å². The Kier molecular flexibility index (Phi) is 3.71. The van der Waals surface area contributed by atoms with E-state index in [1.807, 2.05) is 0 Å². The van der Waals surface area contributed by atoms with Gasteiger partial charge in [-0.1, -0.05) is 11.6 Å². The number of nitrogens with one attached hydrogen (secondary N) is 1. The SMILES string of the molecule is O=S(=O)(F)CCNc1ccc(Cl)cc1. The monoisotopic (exact) mass is 237 g/mol. The van der Waals surface area contributed by atoms with Crippen LogP contribution in [-0.4, -0.2) is 20.7 Å². The van der Waals surface area contributed by atoms with Gasteiger partial charge in [-0.2, -0.15) is 8.42 Å². The summed E-state index contributed by atoms with van der Waals surface area (Å²) in [6.07, 6.45) is 0. The predicted molar refractivity (Wildman–Crippen MR) is 54.8 cm³/mol. The van der Waals surface area contributed by atoms with E-state index < -0.39 is 16.0 Å². The van der Waals surface area contributed by atoms with Crippen LogP contribution in [0.4, 0.5) is 9.57 Å². The van der Waals surface area contributed by atoms with E-state index in [2.05, 4.69) is 5.32 Å². The van der Waals surface area contributed by atoms with Crippen molar-refractivity contribution >= 4 is 27.5 Å². The minimum Gasteiger partial charge on any atom is -0.384 e. The summed E-state index contributed by atoms with van der Waals surface area (Å²) in [7, 11) is -4.39. The van der Waals surface area contributed by atoms with Crippen LogP contribution in [0.5, 0.6) is 0 Å². The van der Waals surface area contributed by atoms with Gasteiger partial charge in [-0.25, -0.2) is 0 Å². The lowest BCUT2D eigenvalue weighted by atomic mass is 10.3. The first kappa shape index (κ1) is 11.3. The molecule has 0 unspecified atom stereocenters. The Balaban J connectivity index is 2.43. The summed E-state index contributed by atoms with van der Waals surface area (Å²) in [5.74, 6) is -0.532. The first-order chi connectivity index (χ1) is 6.47. The number of halogens is 2. The minimum absolute atomic E-state index is 0.0421. The van der Waals surface area contributed by atoms with Crippen molar-refractivity contribution in [3.8, 4) is 0 Å². The number of anilines is 1. The van der Waals surface area contributed by atoms with E-state index in [4.69, 9.17) is 11.6 Å². The van der Waals surface area contributed by atoms with Crippen LogP contribution in [0.25, 0.3) is 0 Å². The molecule has 6 heteroatoms. The normalized spacial score (nSPS) is 11.3. The fourth-order valence-corrected chi connectivity index (χ4v) is 1.36. The molecule has 0 saturated carbocycles. The van der Waals surface area contributed by atoms with Gasteiger partial charge in [0.2, 0.25) is 0 Å². The molecular weight excluding hydrogens is 229 g/mol. The molecule has 1 aromatic rings. The smallest absolute Gasteiger partial charge is 0.304 e. The lowest BCUT2D eigenvalue weighted by Crippen LogP contribution is -2.11. The molecule has 0 radical (unpaired) electrons. The van der Waals surface area contributed by atoms with Crippen molar-refractivity contribution in [1.29, 1.82) is 0 Å². The van der Waals surface area contributed by atoms with E-state index in [0.29, 0.717) is 10.7 Å². The summed E-state index contributed by atoms with van der Waals surface area (Å²) in [6, 6.07) is 6.70. The van der Waals surface area contributed by atoms with E-state index in [9.17, 15) is 12.3 Å². The Hall–Kier alpha value is -0.810. The molecule has 0 aliphatic heterocycles. The van der Waals surface area contributed by atoms with Gasteiger partial charge in [-0.15, -0.1) is 3.89 Å². The second-order valence-electron chi connectivity index (χ2n) is 2.68. The Morgan fingerprint density at radius 1 is 1.29 bits per heavy atom. The highest BCUT2D eigenvalue weighted by Gasteiger charge is 2.05. The van der Waals surface area contributed by atoms with Crippen molar-refractivity contribution in [2.24, 2.45) is 0 Å². The zero-order valence-electron chi connectivity index (χ0n) is 7.20. The summed E-state index contributed by atoms with van der Waals surface area (Å²) in [5, 5.41) is 3.34. The molecule has 0 amide bonds. The van der Waals surface area contributed by atoms with Crippen LogP contribution in [0.2, 0.25) is 5.02 Å². The lowest BCUT2D eigenvalue weighted by molar-refractivity contribution is 0.552. The number of rotatable bonds is 4. The molecular formula is C8H9ClFNO2S. The molecule has 0 spiro atoms. The molecule has 0 atom stereocenters. The Morgan fingerprint density at radius 2 is 1.86 bits per heavy atom. The second kappa shape index (κ2) is 4.61. The zero-order chi connectivity index (χ0) is 10.6. The average molecular weight is 238 g/mol. The lowest BCUT2D eigenvalue weighted by Gasteiger charge is -2.03. The fourth-order valence-electron chi connectivity index (χ4n) is 0.885. The van der Waals surface area contributed by atoms with Gasteiger partial charge in [-0.3, -0.25) is 0 Å². The van der Waals surface area contributed by atoms with Crippen LogP contribution in [-0.2, 0) is 10.2 Å². The van der Waals surface area contributed by atoms with Crippen LogP contribution in [0.1, 0.15) is 0 Å². The first-order valence-corrected chi connectivity index (χ1v) is 5.82. The van der Waals surface area contributed by atoms with Crippen molar-refractivity contribution < 1.29 is 12.3 Å². The largest absolute Gasteiger partial charge is 0.384 e. The highest BCUT2D eigenvalue weighted by atomic mass is 35.5. The van der Waals surface area contributed by atoms with Gasteiger partial charge in [0.15, 0.2) is 0 Å². The summed E-state index contributed by atoms with van der Waals surface area (Å²) < 4.78 is 32.4. The van der Waals surface area contributed by atoms with E-state index >= 15 is 0 Å². The molecule has 0 heterocycles. The van der Waals surface area contributed by atoms with Crippen molar-refractivity contribution in [2.75, 3.05) is 17.6 Å². The van der Waals surface area contributed by atoms with Gasteiger partial charge in [0.25, 0.3) is 0 Å². The Bertz CT molecular complexity index is 390. The third-order valence-electron chi connectivity index (χ3n) is 1.52. The maximum Gasteiger partial charge on any atom is 0.304 e. The number of hydrogen-bond acceptors (Lipinski definition) is 3. The molecule has 0 aliphatic rings. The maximum atomic E-state index is 12.1. The summed E-state index contributed by atoms with van der Waals surface area (Å²) >= 11 is 5.63. The summed E-state index contributed by atoms with van der Waals surface area (Å²) in [6.45, 7) is 0.0421. The standard InChI is InChI=1S/C8H9ClFNO2S/c9-7-1-3-8(4-2-7)11-5-6-14(10,12)13/h1-4,11H,5-6H2. The minimum atomic E-state index is -4.39. The van der Waals surface area contributed by atoms with Crippen LogP contribution < -0.4 is 5.32 Å². The van der Waals surface area contributed by atoms with E-state index in [1.54, 1.807) is 24.3 Å². The second-order valence-corrected chi connectivity index (χ2v) is 4.60. The molecule has 1 N–H and O–H groups in total. The third kappa shape index (κ3) is 4.43. The molecule has 0 saturated heterocycles. The number of benzene rings is 1. The molecule has 0 fully saturated rings. The van der Waals surface area contributed by atoms with Crippen LogP contribution >= 0.6 is 11.6 Å². The quantitative estimate of drug-likeness (QED) is 0.816. The van der Waals surface area contributed by atoms with Crippen molar-refractivity contribution in [1.82, 2.24) is 0 Å². The van der Waals surface area contributed by atoms with Crippen molar-refractivity contribution in [2.45, 2.75) is 0 Å². The highest BCUT2D eigenvalue weighted by molar-refractivity contribution is 7.86. The molecule has 78 valence electrons. The van der Waals surface area contributed by atoms with E-state index in [-0.39, 0.29) is 6.54 Å². The fraction of sp³-hybridized carbons (Fsp3) is 0.250. The zero-order valence-corrected chi connectivity index (χ0v) is 8.78. The highest BCUT2D eigenvalue weighted by Crippen LogP contribution is 2.12. The molecule has 1 rings (SSSR count). The molecule has 0 aromatic heterocycles. The maximum absolute atomic E-state index is 12.1. The van der Waals surface area contributed by atoms with Crippen LogP contribution in [0.15, 0.2) is 24.3 Å². The van der Waals surface area contributed by atoms with Crippen LogP contribution in [0.3, 0.4) is 0 Å². The Labute approximate surface area is 87.1 Å². The first-order valence-electron chi connectivity index (χ1n) is 3.89. The van der Waals surface area contributed by atoms with Crippen molar-refractivity contribution in [3.63, 3.8) is 0 Å². The summed E-state index contributed by atoms with van der Waals surface area (Å²) in [5.41, 5.74) is 0.707. The number of hydrogen-bond donors (Lipinski definition) is 1. The Morgan fingerprint density at radius 3 is 2.36 bits per heavy atom. The molecule has 0 aliphatic carbocycles. The molecule has 3 nitrogen and oxygen atoms in total. The molecule has 0 bridgehead atoms. The molecule has 1 aromatic carbocycles. The van der Waals surface area contributed by atoms with Gasteiger partial charge in [0.05, 0.1) is 5.75 Å². The van der Waals surface area contributed by atoms with Gasteiger partial charge >= 0.3 is 10.2 Å². The van der Waals surface area contributed by atoms with E-state index in [1.165, 1.54) is 0 Å². The van der Waals surface area contributed by atoms with Gasteiger partial charge in [0.1, 0.15) is 0 Å². The predicted octanol–water partition coefficient (Wildman–Crippen LogP) is 2.05. The summed E-state index contributed by atoms with van der Waals surface area (Å²) in [4.78, 5) is 0. The topological polar surface area (TPSA) is 46.2 Å². The van der Waals surface area contributed by atoms with Crippen LogP contribution in [0, 0.1) is 0 Å². The van der Waals surface area contributed by atoms with Crippen molar-refractivity contribution in [3.05, 3.63) is 29.3 Å². The van der Waals surface area contributed by atoms with Gasteiger partial charge < -0.3 is 5.32 Å².